The first kappa shape index (κ1) is 11.0. The summed E-state index contributed by atoms with van der Waals surface area (Å²) in [5, 5.41) is 19.1. The van der Waals surface area contributed by atoms with Crippen molar-refractivity contribution in [2.45, 2.75) is 46.1 Å². The summed E-state index contributed by atoms with van der Waals surface area (Å²) in [7, 11) is 0. The quantitative estimate of drug-likeness (QED) is 0.690. The van der Waals surface area contributed by atoms with Crippen molar-refractivity contribution < 1.29 is 10.2 Å². The Hall–Kier alpha value is -0.0800. The number of hydrogen-bond donors (Lipinski definition) is 2. The maximum atomic E-state index is 9.89. The van der Waals surface area contributed by atoms with Gasteiger partial charge in [0.05, 0.1) is 6.10 Å². The average molecular weight is 186 g/mol. The largest absolute Gasteiger partial charge is 0.396 e. The Bertz CT molecular complexity index is 167. The average Bonchev–Trinajstić information content (AvgIpc) is 2.03. The van der Waals surface area contributed by atoms with E-state index in [1.165, 1.54) is 0 Å². The molecule has 0 aromatic rings. The number of hydrogen-bond acceptors (Lipinski definition) is 2. The zero-order valence-electron chi connectivity index (χ0n) is 8.95. The maximum Gasteiger partial charge on any atom is 0.0576 e. The van der Waals surface area contributed by atoms with Gasteiger partial charge in [0.2, 0.25) is 0 Å². The van der Waals surface area contributed by atoms with Gasteiger partial charge in [0.1, 0.15) is 0 Å². The predicted octanol–water partition coefficient (Wildman–Crippen LogP) is 1.80. The molecule has 0 heterocycles. The van der Waals surface area contributed by atoms with Crippen molar-refractivity contribution in [3.05, 3.63) is 0 Å². The highest BCUT2D eigenvalue weighted by Crippen LogP contribution is 2.40. The Balaban J connectivity index is 2.56. The summed E-state index contributed by atoms with van der Waals surface area (Å²) in [6.45, 7) is 6.59. The van der Waals surface area contributed by atoms with Crippen LogP contribution in [0.2, 0.25) is 0 Å². The third-order valence-corrected chi connectivity index (χ3v) is 3.52. The molecule has 2 heteroatoms. The van der Waals surface area contributed by atoms with Crippen LogP contribution in [0.15, 0.2) is 0 Å². The van der Waals surface area contributed by atoms with E-state index in [9.17, 15) is 10.2 Å². The molecular formula is C11H22O2. The van der Waals surface area contributed by atoms with Crippen LogP contribution in [0, 0.1) is 17.3 Å². The van der Waals surface area contributed by atoms with Gasteiger partial charge in [-0.2, -0.15) is 0 Å². The molecule has 0 aromatic heterocycles. The normalized spacial score (nSPS) is 41.1. The van der Waals surface area contributed by atoms with E-state index in [-0.39, 0.29) is 18.1 Å². The van der Waals surface area contributed by atoms with Crippen LogP contribution in [-0.4, -0.2) is 22.9 Å². The SMILES string of the molecule is CC(C)[C@@H]1CC[C@@](C)(CO)C[C@H]1O. The third-order valence-electron chi connectivity index (χ3n) is 3.52. The minimum absolute atomic E-state index is 0.0369. The molecule has 3 atom stereocenters. The second-order valence-corrected chi connectivity index (χ2v) is 5.19. The summed E-state index contributed by atoms with van der Waals surface area (Å²) in [5.41, 5.74) is -0.0369. The predicted molar refractivity (Wildman–Crippen MR) is 53.4 cm³/mol. The Morgan fingerprint density at radius 2 is 2.08 bits per heavy atom. The molecule has 1 aliphatic rings. The first-order valence-electron chi connectivity index (χ1n) is 5.27. The molecule has 0 bridgehead atoms. The van der Waals surface area contributed by atoms with Crippen LogP contribution in [-0.2, 0) is 0 Å². The zero-order valence-corrected chi connectivity index (χ0v) is 8.95. The summed E-state index contributed by atoms with van der Waals surface area (Å²) < 4.78 is 0. The van der Waals surface area contributed by atoms with Gasteiger partial charge in [0, 0.05) is 6.61 Å². The van der Waals surface area contributed by atoms with E-state index in [0.29, 0.717) is 11.8 Å². The van der Waals surface area contributed by atoms with Gasteiger partial charge >= 0.3 is 0 Å². The summed E-state index contributed by atoms with van der Waals surface area (Å²) in [6.07, 6.45) is 2.64. The van der Waals surface area contributed by atoms with Crippen LogP contribution >= 0.6 is 0 Å². The molecule has 0 spiro atoms. The number of rotatable bonds is 2. The summed E-state index contributed by atoms with van der Waals surface area (Å²) in [5.74, 6) is 0.984. The molecule has 13 heavy (non-hydrogen) atoms. The Morgan fingerprint density at radius 3 is 2.46 bits per heavy atom. The lowest BCUT2D eigenvalue weighted by Gasteiger charge is -2.41. The van der Waals surface area contributed by atoms with E-state index in [1.54, 1.807) is 0 Å². The summed E-state index contributed by atoms with van der Waals surface area (Å²) in [4.78, 5) is 0. The van der Waals surface area contributed by atoms with Gasteiger partial charge in [0.15, 0.2) is 0 Å². The highest BCUT2D eigenvalue weighted by atomic mass is 16.3. The van der Waals surface area contributed by atoms with Crippen molar-refractivity contribution in [1.82, 2.24) is 0 Å². The fourth-order valence-corrected chi connectivity index (χ4v) is 2.39. The first-order chi connectivity index (χ1) is 5.98. The number of aliphatic hydroxyl groups is 2. The van der Waals surface area contributed by atoms with Crippen LogP contribution < -0.4 is 0 Å². The van der Waals surface area contributed by atoms with E-state index in [0.717, 1.165) is 19.3 Å². The van der Waals surface area contributed by atoms with Gasteiger partial charge in [0.25, 0.3) is 0 Å². The minimum atomic E-state index is -0.217. The molecule has 0 unspecified atom stereocenters. The Morgan fingerprint density at radius 1 is 1.46 bits per heavy atom. The highest BCUT2D eigenvalue weighted by molar-refractivity contribution is 4.88. The number of aliphatic hydroxyl groups excluding tert-OH is 2. The molecule has 1 aliphatic carbocycles. The molecule has 0 radical (unpaired) electrons. The van der Waals surface area contributed by atoms with Crippen molar-refractivity contribution in [3.8, 4) is 0 Å². The monoisotopic (exact) mass is 186 g/mol. The first-order valence-corrected chi connectivity index (χ1v) is 5.27. The van der Waals surface area contributed by atoms with Crippen LogP contribution in [0.25, 0.3) is 0 Å². The molecule has 2 N–H and O–H groups in total. The van der Waals surface area contributed by atoms with Gasteiger partial charge in [-0.1, -0.05) is 20.8 Å². The second kappa shape index (κ2) is 3.97. The van der Waals surface area contributed by atoms with Crippen LogP contribution in [0.1, 0.15) is 40.0 Å². The molecule has 78 valence electrons. The molecule has 1 fully saturated rings. The smallest absolute Gasteiger partial charge is 0.0576 e. The second-order valence-electron chi connectivity index (χ2n) is 5.19. The van der Waals surface area contributed by atoms with Gasteiger partial charge < -0.3 is 10.2 Å². The van der Waals surface area contributed by atoms with Crippen molar-refractivity contribution in [3.63, 3.8) is 0 Å². The van der Waals surface area contributed by atoms with Crippen LogP contribution in [0.5, 0.6) is 0 Å². The van der Waals surface area contributed by atoms with Crippen molar-refractivity contribution in [1.29, 1.82) is 0 Å². The molecule has 0 saturated heterocycles. The lowest BCUT2D eigenvalue weighted by Crippen LogP contribution is -2.39. The van der Waals surface area contributed by atoms with Crippen molar-refractivity contribution in [2.24, 2.45) is 17.3 Å². The highest BCUT2D eigenvalue weighted by Gasteiger charge is 2.37. The van der Waals surface area contributed by atoms with Gasteiger partial charge in [-0.15, -0.1) is 0 Å². The van der Waals surface area contributed by atoms with Crippen LogP contribution in [0.4, 0.5) is 0 Å². The fourth-order valence-electron chi connectivity index (χ4n) is 2.39. The molecule has 0 aromatic carbocycles. The molecular weight excluding hydrogens is 164 g/mol. The van der Waals surface area contributed by atoms with Gasteiger partial charge in [-0.05, 0) is 36.5 Å². The standard InChI is InChI=1S/C11H22O2/c1-8(2)9-4-5-11(3,7-12)6-10(9)13/h8-10,12-13H,4-7H2,1-3H3/t9-,10+,11+/m0/s1. The fraction of sp³-hybridized carbons (Fsp3) is 1.00. The minimum Gasteiger partial charge on any atom is -0.396 e. The molecule has 2 nitrogen and oxygen atoms in total. The van der Waals surface area contributed by atoms with E-state index in [1.807, 2.05) is 0 Å². The molecule has 1 rings (SSSR count). The topological polar surface area (TPSA) is 40.5 Å². The summed E-state index contributed by atoms with van der Waals surface area (Å²) in [6, 6.07) is 0. The lowest BCUT2D eigenvalue weighted by molar-refractivity contribution is -0.0311. The Labute approximate surface area is 81.0 Å². The van der Waals surface area contributed by atoms with Crippen molar-refractivity contribution in [2.75, 3.05) is 6.61 Å². The summed E-state index contributed by atoms with van der Waals surface area (Å²) >= 11 is 0. The van der Waals surface area contributed by atoms with E-state index < -0.39 is 0 Å². The van der Waals surface area contributed by atoms with Gasteiger partial charge in [-0.25, -0.2) is 0 Å². The van der Waals surface area contributed by atoms with E-state index in [4.69, 9.17) is 0 Å². The third kappa shape index (κ3) is 2.44. The van der Waals surface area contributed by atoms with Gasteiger partial charge in [-0.3, -0.25) is 0 Å². The lowest BCUT2D eigenvalue weighted by atomic mass is 9.68. The zero-order chi connectivity index (χ0) is 10.1. The molecule has 1 saturated carbocycles. The van der Waals surface area contributed by atoms with E-state index in [2.05, 4.69) is 20.8 Å². The molecule has 0 amide bonds. The Kier molecular flexibility index (Phi) is 3.36. The molecule has 0 aliphatic heterocycles. The van der Waals surface area contributed by atoms with Crippen LogP contribution in [0.3, 0.4) is 0 Å². The van der Waals surface area contributed by atoms with E-state index >= 15 is 0 Å². The maximum absolute atomic E-state index is 9.89. The van der Waals surface area contributed by atoms with Crippen molar-refractivity contribution >= 4 is 0 Å².